The van der Waals surface area contributed by atoms with Crippen molar-refractivity contribution >= 4 is 24.0 Å². The molecule has 1 aromatic carbocycles. The van der Waals surface area contributed by atoms with Crippen molar-refractivity contribution in [2.75, 3.05) is 26.2 Å². The lowest BCUT2D eigenvalue weighted by Gasteiger charge is -2.34. The second-order valence-corrected chi connectivity index (χ2v) is 6.72. The number of piperidine rings is 1. The molecule has 2 saturated heterocycles. The highest BCUT2D eigenvalue weighted by atomic mass is 35.5. The number of likely N-dealkylation sites (tertiary alicyclic amines) is 1. The largest absolute Gasteiger partial charge is 0.317 e. The summed E-state index contributed by atoms with van der Waals surface area (Å²) in [5.74, 6) is 0. The maximum Gasteiger partial charge on any atom is 0.0408 e. The molecule has 2 fully saturated rings. The highest BCUT2D eigenvalue weighted by Crippen LogP contribution is 2.39. The van der Waals surface area contributed by atoms with Crippen LogP contribution in [0.5, 0.6) is 0 Å². The first-order valence-electron chi connectivity index (χ1n) is 7.35. The minimum Gasteiger partial charge on any atom is -0.317 e. The third-order valence-corrected chi connectivity index (χ3v) is 5.12. The van der Waals surface area contributed by atoms with Crippen LogP contribution in [0.15, 0.2) is 18.2 Å². The summed E-state index contributed by atoms with van der Waals surface area (Å²) in [5, 5.41) is 4.33. The Balaban J connectivity index is 0.00000147. The van der Waals surface area contributed by atoms with Crippen LogP contribution in [0.3, 0.4) is 0 Å². The maximum absolute atomic E-state index is 6.03. The van der Waals surface area contributed by atoms with Gasteiger partial charge in [-0.3, -0.25) is 4.90 Å². The number of nitrogens with zero attached hydrogens (tertiary/aromatic N) is 1. The van der Waals surface area contributed by atoms with E-state index in [9.17, 15) is 0 Å². The Morgan fingerprint density at radius 1 is 1.25 bits per heavy atom. The number of benzene rings is 1. The van der Waals surface area contributed by atoms with Gasteiger partial charge in [0.05, 0.1) is 0 Å². The lowest BCUT2D eigenvalue weighted by atomic mass is 9.78. The molecule has 4 heteroatoms. The predicted octanol–water partition coefficient (Wildman–Crippen LogP) is 3.65. The van der Waals surface area contributed by atoms with Gasteiger partial charge < -0.3 is 5.32 Å². The minimum atomic E-state index is 0. The van der Waals surface area contributed by atoms with Crippen molar-refractivity contribution in [1.29, 1.82) is 0 Å². The first-order chi connectivity index (χ1) is 9.17. The van der Waals surface area contributed by atoms with E-state index in [0.717, 1.165) is 11.6 Å². The highest BCUT2D eigenvalue weighted by molar-refractivity contribution is 6.30. The molecular formula is C16H24Cl2N2. The average molecular weight is 315 g/mol. The summed E-state index contributed by atoms with van der Waals surface area (Å²) in [6, 6.07) is 6.28. The quantitative estimate of drug-likeness (QED) is 0.896. The zero-order valence-corrected chi connectivity index (χ0v) is 13.7. The van der Waals surface area contributed by atoms with Gasteiger partial charge in [-0.1, -0.05) is 17.7 Å². The van der Waals surface area contributed by atoms with Crippen molar-refractivity contribution in [3.05, 3.63) is 34.3 Å². The van der Waals surface area contributed by atoms with E-state index in [2.05, 4.69) is 29.3 Å². The molecule has 1 aromatic rings. The molecule has 0 saturated carbocycles. The maximum atomic E-state index is 6.03. The van der Waals surface area contributed by atoms with Crippen molar-refractivity contribution in [2.45, 2.75) is 32.7 Å². The van der Waals surface area contributed by atoms with Crippen LogP contribution in [0, 0.1) is 12.3 Å². The third-order valence-electron chi connectivity index (χ3n) is 4.88. The Morgan fingerprint density at radius 2 is 2.00 bits per heavy atom. The molecule has 20 heavy (non-hydrogen) atoms. The van der Waals surface area contributed by atoms with Crippen LogP contribution in [-0.4, -0.2) is 31.1 Å². The standard InChI is InChI=1S/C16H23ClN2.ClH/c1-13-10-15(17)3-2-14(13)11-19-9-6-16(12-19)4-7-18-8-5-16;/h2-3,10,18H,4-9,11-12H2,1H3;1H. The summed E-state index contributed by atoms with van der Waals surface area (Å²) in [5.41, 5.74) is 3.35. The van der Waals surface area contributed by atoms with E-state index in [1.54, 1.807) is 0 Å². The summed E-state index contributed by atoms with van der Waals surface area (Å²) in [4.78, 5) is 2.63. The fraction of sp³-hybridized carbons (Fsp3) is 0.625. The van der Waals surface area contributed by atoms with Crippen molar-refractivity contribution in [2.24, 2.45) is 5.41 Å². The van der Waals surface area contributed by atoms with Crippen LogP contribution in [0.2, 0.25) is 5.02 Å². The molecule has 0 radical (unpaired) electrons. The van der Waals surface area contributed by atoms with E-state index in [-0.39, 0.29) is 12.4 Å². The fourth-order valence-electron chi connectivity index (χ4n) is 3.61. The van der Waals surface area contributed by atoms with Crippen LogP contribution in [0.4, 0.5) is 0 Å². The number of nitrogens with one attached hydrogen (secondary N) is 1. The van der Waals surface area contributed by atoms with E-state index in [1.807, 2.05) is 6.07 Å². The average Bonchev–Trinajstić information content (AvgIpc) is 2.77. The Bertz CT molecular complexity index is 456. The van der Waals surface area contributed by atoms with Crippen LogP contribution in [0.25, 0.3) is 0 Å². The molecule has 112 valence electrons. The van der Waals surface area contributed by atoms with Crippen LogP contribution in [-0.2, 0) is 6.54 Å². The molecule has 2 nitrogen and oxygen atoms in total. The second-order valence-electron chi connectivity index (χ2n) is 6.28. The van der Waals surface area contributed by atoms with Crippen LogP contribution >= 0.6 is 24.0 Å². The van der Waals surface area contributed by atoms with Gasteiger partial charge in [0.1, 0.15) is 0 Å². The van der Waals surface area contributed by atoms with Crippen molar-refractivity contribution in [1.82, 2.24) is 10.2 Å². The Hall–Kier alpha value is -0.280. The van der Waals surface area contributed by atoms with Gasteiger partial charge >= 0.3 is 0 Å². The predicted molar refractivity (Wildman–Crippen MR) is 87.9 cm³/mol. The first kappa shape index (κ1) is 16.1. The second kappa shape index (κ2) is 6.65. The molecule has 0 unspecified atom stereocenters. The van der Waals surface area contributed by atoms with Gasteiger partial charge in [0.25, 0.3) is 0 Å². The lowest BCUT2D eigenvalue weighted by molar-refractivity contribution is 0.194. The molecular weight excluding hydrogens is 291 g/mol. The molecule has 2 aliphatic heterocycles. The topological polar surface area (TPSA) is 15.3 Å². The smallest absolute Gasteiger partial charge is 0.0408 e. The summed E-state index contributed by atoms with van der Waals surface area (Å²) < 4.78 is 0. The number of hydrogen-bond donors (Lipinski definition) is 1. The monoisotopic (exact) mass is 314 g/mol. The molecule has 3 rings (SSSR count). The highest BCUT2D eigenvalue weighted by Gasteiger charge is 2.38. The van der Waals surface area contributed by atoms with E-state index in [0.29, 0.717) is 5.41 Å². The zero-order chi connectivity index (χ0) is 13.3. The molecule has 1 spiro atoms. The third kappa shape index (κ3) is 3.48. The van der Waals surface area contributed by atoms with E-state index >= 15 is 0 Å². The molecule has 0 aliphatic carbocycles. The molecule has 2 heterocycles. The molecule has 2 aliphatic rings. The molecule has 1 N–H and O–H groups in total. The first-order valence-corrected chi connectivity index (χ1v) is 7.73. The Morgan fingerprint density at radius 3 is 2.70 bits per heavy atom. The van der Waals surface area contributed by atoms with Crippen LogP contribution < -0.4 is 5.32 Å². The molecule has 0 aromatic heterocycles. The van der Waals surface area contributed by atoms with Gasteiger partial charge in [0.15, 0.2) is 0 Å². The summed E-state index contributed by atoms with van der Waals surface area (Å²) in [7, 11) is 0. The van der Waals surface area contributed by atoms with Gasteiger partial charge in [-0.25, -0.2) is 0 Å². The zero-order valence-electron chi connectivity index (χ0n) is 12.1. The molecule has 0 atom stereocenters. The van der Waals surface area contributed by atoms with Crippen molar-refractivity contribution < 1.29 is 0 Å². The fourth-order valence-corrected chi connectivity index (χ4v) is 3.83. The Labute approximate surface area is 133 Å². The number of aryl methyl sites for hydroxylation is 1. The summed E-state index contributed by atoms with van der Waals surface area (Å²) in [6.07, 6.45) is 4.08. The summed E-state index contributed by atoms with van der Waals surface area (Å²) in [6.45, 7) is 8.18. The van der Waals surface area contributed by atoms with Gasteiger partial charge in [0, 0.05) is 18.1 Å². The number of hydrogen-bond acceptors (Lipinski definition) is 2. The summed E-state index contributed by atoms with van der Waals surface area (Å²) >= 11 is 6.03. The number of halogens is 2. The van der Waals surface area contributed by atoms with Gasteiger partial charge in [0.2, 0.25) is 0 Å². The Kier molecular flexibility index (Phi) is 5.36. The van der Waals surface area contributed by atoms with Crippen LogP contribution in [0.1, 0.15) is 30.4 Å². The van der Waals surface area contributed by atoms with Gasteiger partial charge in [-0.05, 0) is 74.5 Å². The SMILES string of the molecule is Cc1cc(Cl)ccc1CN1CCC2(CCNCC2)C1.Cl. The van der Waals surface area contributed by atoms with Gasteiger partial charge in [-0.2, -0.15) is 0 Å². The van der Waals surface area contributed by atoms with E-state index in [1.165, 1.54) is 56.6 Å². The number of rotatable bonds is 2. The van der Waals surface area contributed by atoms with E-state index < -0.39 is 0 Å². The van der Waals surface area contributed by atoms with Crippen molar-refractivity contribution in [3.8, 4) is 0 Å². The normalized spacial score (nSPS) is 21.9. The molecule has 0 amide bonds. The van der Waals surface area contributed by atoms with Gasteiger partial charge in [-0.15, -0.1) is 12.4 Å². The van der Waals surface area contributed by atoms with Crippen molar-refractivity contribution in [3.63, 3.8) is 0 Å². The minimum absolute atomic E-state index is 0. The molecule has 0 bridgehead atoms. The lowest BCUT2D eigenvalue weighted by Crippen LogP contribution is -2.38. The van der Waals surface area contributed by atoms with E-state index in [4.69, 9.17) is 11.6 Å².